The molecule has 0 aromatic heterocycles. The van der Waals surface area contributed by atoms with E-state index in [2.05, 4.69) is 13.8 Å². The number of carbonyl (C=O) groups excluding carboxylic acids is 3. The molecule has 0 aromatic rings. The Morgan fingerprint density at radius 2 is 1.71 bits per heavy atom. The molecule has 0 amide bonds. The molecule has 1 saturated heterocycles. The first kappa shape index (κ1) is 17.7. The number of cyclic esters (lactones) is 2. The van der Waals surface area contributed by atoms with Crippen molar-refractivity contribution in [2.45, 2.75) is 72.0 Å². The van der Waals surface area contributed by atoms with Crippen molar-refractivity contribution in [3.8, 4) is 0 Å². The molecule has 0 radical (unpaired) electrons. The number of hydrogen-bond acceptors (Lipinski definition) is 5. The van der Waals surface area contributed by atoms with Crippen LogP contribution in [0.3, 0.4) is 0 Å². The maximum absolute atomic E-state index is 12.1. The van der Waals surface area contributed by atoms with Gasteiger partial charge in [0.2, 0.25) is 5.92 Å². The summed E-state index contributed by atoms with van der Waals surface area (Å²) >= 11 is 0. The van der Waals surface area contributed by atoms with Gasteiger partial charge in [0.05, 0.1) is 0 Å². The minimum atomic E-state index is -1.40. The SMILES string of the molecule is CCCCCC(C)CCC(=O)C1C(=O)OC(C)(C)OC1=O. The lowest BCUT2D eigenvalue weighted by atomic mass is 9.92. The Hall–Kier alpha value is -1.39. The summed E-state index contributed by atoms with van der Waals surface area (Å²) in [7, 11) is 0. The molecule has 1 heterocycles. The van der Waals surface area contributed by atoms with Crippen LogP contribution in [0.5, 0.6) is 0 Å². The van der Waals surface area contributed by atoms with E-state index in [1.807, 2.05) is 0 Å². The molecule has 5 heteroatoms. The van der Waals surface area contributed by atoms with Gasteiger partial charge in [0.15, 0.2) is 5.78 Å². The lowest BCUT2D eigenvalue weighted by Crippen LogP contribution is -2.49. The summed E-state index contributed by atoms with van der Waals surface area (Å²) < 4.78 is 9.92. The third-order valence-electron chi connectivity index (χ3n) is 3.67. The molecule has 1 fully saturated rings. The third kappa shape index (κ3) is 5.48. The molecule has 120 valence electrons. The highest BCUT2D eigenvalue weighted by molar-refractivity contribution is 6.15. The Balaban J connectivity index is 2.45. The molecule has 0 spiro atoms. The Kier molecular flexibility index (Phi) is 6.37. The molecule has 1 aliphatic heterocycles. The van der Waals surface area contributed by atoms with Gasteiger partial charge >= 0.3 is 11.9 Å². The molecule has 1 atom stereocenters. The fourth-order valence-electron chi connectivity index (χ4n) is 2.40. The lowest BCUT2D eigenvalue weighted by molar-refractivity contribution is -0.238. The quantitative estimate of drug-likeness (QED) is 0.391. The summed E-state index contributed by atoms with van der Waals surface area (Å²) in [6.07, 6.45) is 5.46. The second kappa shape index (κ2) is 7.57. The van der Waals surface area contributed by atoms with E-state index >= 15 is 0 Å². The number of carbonyl (C=O) groups is 3. The number of hydrogen-bond donors (Lipinski definition) is 0. The van der Waals surface area contributed by atoms with E-state index in [0.29, 0.717) is 12.3 Å². The summed E-state index contributed by atoms with van der Waals surface area (Å²) in [6, 6.07) is 0. The molecular weight excluding hydrogens is 272 g/mol. The van der Waals surface area contributed by atoms with Crippen LogP contribution in [-0.4, -0.2) is 23.5 Å². The van der Waals surface area contributed by atoms with Crippen LogP contribution in [0.1, 0.15) is 66.2 Å². The van der Waals surface area contributed by atoms with Crippen molar-refractivity contribution in [3.05, 3.63) is 0 Å². The van der Waals surface area contributed by atoms with Gasteiger partial charge in [-0.15, -0.1) is 0 Å². The van der Waals surface area contributed by atoms with Crippen molar-refractivity contribution in [1.29, 1.82) is 0 Å². The van der Waals surface area contributed by atoms with Crippen LogP contribution < -0.4 is 0 Å². The van der Waals surface area contributed by atoms with Crippen molar-refractivity contribution in [3.63, 3.8) is 0 Å². The number of Topliss-reactive ketones (excluding diaryl/α,β-unsaturated/α-hetero) is 1. The zero-order valence-electron chi connectivity index (χ0n) is 13.4. The zero-order chi connectivity index (χ0) is 16.0. The van der Waals surface area contributed by atoms with Gasteiger partial charge in [-0.25, -0.2) is 0 Å². The van der Waals surface area contributed by atoms with Crippen molar-refractivity contribution < 1.29 is 23.9 Å². The van der Waals surface area contributed by atoms with E-state index < -0.39 is 29.4 Å². The Morgan fingerprint density at radius 3 is 2.24 bits per heavy atom. The molecule has 1 unspecified atom stereocenters. The minimum Gasteiger partial charge on any atom is -0.422 e. The van der Waals surface area contributed by atoms with Crippen LogP contribution in [0.2, 0.25) is 0 Å². The number of rotatable bonds is 8. The monoisotopic (exact) mass is 298 g/mol. The summed E-state index contributed by atoms with van der Waals surface area (Å²) in [5, 5.41) is 0. The zero-order valence-corrected chi connectivity index (χ0v) is 13.4. The number of unbranched alkanes of at least 4 members (excludes halogenated alkanes) is 2. The Bertz CT molecular complexity index is 379. The molecule has 0 aromatic carbocycles. The van der Waals surface area contributed by atoms with Gasteiger partial charge in [0.1, 0.15) is 0 Å². The van der Waals surface area contributed by atoms with Gasteiger partial charge in [-0.2, -0.15) is 0 Å². The van der Waals surface area contributed by atoms with Gasteiger partial charge in [-0.1, -0.05) is 39.5 Å². The van der Waals surface area contributed by atoms with E-state index in [1.54, 1.807) is 0 Å². The fourth-order valence-corrected chi connectivity index (χ4v) is 2.40. The standard InChI is InChI=1S/C16H26O5/c1-5-6-7-8-11(2)9-10-12(17)13-14(18)20-16(3,4)21-15(13)19/h11,13H,5-10H2,1-4H3. The van der Waals surface area contributed by atoms with Crippen molar-refractivity contribution >= 4 is 17.7 Å². The Labute approximate surface area is 126 Å². The minimum absolute atomic E-state index is 0.211. The average Bonchev–Trinajstić information content (AvgIpc) is 2.34. The first-order valence-electron chi connectivity index (χ1n) is 7.75. The van der Waals surface area contributed by atoms with Gasteiger partial charge in [0, 0.05) is 20.3 Å². The molecule has 5 nitrogen and oxygen atoms in total. The predicted molar refractivity (Wildman–Crippen MR) is 77.3 cm³/mol. The molecule has 0 N–H and O–H groups in total. The largest absolute Gasteiger partial charge is 0.422 e. The van der Waals surface area contributed by atoms with Crippen LogP contribution in [0.4, 0.5) is 0 Å². The summed E-state index contributed by atoms with van der Waals surface area (Å²) in [6.45, 7) is 7.18. The van der Waals surface area contributed by atoms with E-state index in [0.717, 1.165) is 12.8 Å². The molecule has 0 bridgehead atoms. The van der Waals surface area contributed by atoms with E-state index in [9.17, 15) is 14.4 Å². The average molecular weight is 298 g/mol. The summed E-state index contributed by atoms with van der Waals surface area (Å²) in [4.78, 5) is 35.6. The Morgan fingerprint density at radius 1 is 1.14 bits per heavy atom. The fraction of sp³-hybridized carbons (Fsp3) is 0.812. The number of ketones is 1. The van der Waals surface area contributed by atoms with Gasteiger partial charge in [0.25, 0.3) is 5.79 Å². The second-order valence-electron chi connectivity index (χ2n) is 6.28. The topological polar surface area (TPSA) is 69.7 Å². The van der Waals surface area contributed by atoms with E-state index in [4.69, 9.17) is 9.47 Å². The normalized spacial score (nSPS) is 19.8. The van der Waals surface area contributed by atoms with Crippen LogP contribution in [-0.2, 0) is 23.9 Å². The van der Waals surface area contributed by atoms with Crippen molar-refractivity contribution in [2.24, 2.45) is 11.8 Å². The highest BCUT2D eigenvalue weighted by atomic mass is 16.7. The maximum atomic E-state index is 12.1. The van der Waals surface area contributed by atoms with Gasteiger partial charge < -0.3 is 9.47 Å². The van der Waals surface area contributed by atoms with Crippen LogP contribution >= 0.6 is 0 Å². The summed E-state index contributed by atoms with van der Waals surface area (Å²) in [5.74, 6) is -4.26. The molecule has 21 heavy (non-hydrogen) atoms. The smallest absolute Gasteiger partial charge is 0.331 e. The van der Waals surface area contributed by atoms with Crippen LogP contribution in [0.25, 0.3) is 0 Å². The highest BCUT2D eigenvalue weighted by Crippen LogP contribution is 2.25. The molecule has 0 saturated carbocycles. The summed E-state index contributed by atoms with van der Waals surface area (Å²) in [5.41, 5.74) is 0. The molecular formula is C16H26O5. The van der Waals surface area contributed by atoms with Crippen molar-refractivity contribution in [2.75, 3.05) is 0 Å². The lowest BCUT2D eigenvalue weighted by Gasteiger charge is -2.32. The predicted octanol–water partition coefficient (Wildman–Crippen LogP) is 3.00. The van der Waals surface area contributed by atoms with Gasteiger partial charge in [-0.05, 0) is 12.3 Å². The first-order chi connectivity index (χ1) is 9.76. The van der Waals surface area contributed by atoms with Crippen LogP contribution in [0.15, 0.2) is 0 Å². The van der Waals surface area contributed by atoms with Gasteiger partial charge in [-0.3, -0.25) is 14.4 Å². The van der Waals surface area contributed by atoms with Crippen LogP contribution in [0, 0.1) is 11.8 Å². The first-order valence-corrected chi connectivity index (χ1v) is 7.75. The second-order valence-corrected chi connectivity index (χ2v) is 6.28. The molecule has 0 aliphatic carbocycles. The molecule has 1 rings (SSSR count). The molecule has 1 aliphatic rings. The van der Waals surface area contributed by atoms with E-state index in [1.165, 1.54) is 26.7 Å². The maximum Gasteiger partial charge on any atom is 0.331 e. The number of esters is 2. The highest BCUT2D eigenvalue weighted by Gasteiger charge is 2.46. The number of ether oxygens (including phenoxy) is 2. The van der Waals surface area contributed by atoms with Crippen molar-refractivity contribution in [1.82, 2.24) is 0 Å². The third-order valence-corrected chi connectivity index (χ3v) is 3.67. The van der Waals surface area contributed by atoms with E-state index in [-0.39, 0.29) is 6.42 Å².